The van der Waals surface area contributed by atoms with Gasteiger partial charge in [-0.15, -0.1) is 16.4 Å². The minimum Gasteiger partial charge on any atom is -0.249 e. The second kappa shape index (κ2) is 7.04. The lowest BCUT2D eigenvalue weighted by atomic mass is 10.2. The van der Waals surface area contributed by atoms with Crippen molar-refractivity contribution in [2.45, 2.75) is 17.8 Å². The lowest BCUT2D eigenvalue weighted by Crippen LogP contribution is -1.94. The minimum absolute atomic E-state index is 0.501. The standard InChI is InChI=1S/C15H14N4S3/c1-11-7-8-21-13(11)9-16-19-14(20)17-18-15(19)22-10-12-5-3-2-4-6-12/h2-9H,10H2,1H3,(H,17,20)/b16-9-. The molecule has 3 aromatic rings. The maximum absolute atomic E-state index is 5.25. The Bertz CT molecular complexity index is 830. The summed E-state index contributed by atoms with van der Waals surface area (Å²) in [5, 5.41) is 14.3. The van der Waals surface area contributed by atoms with E-state index >= 15 is 0 Å². The number of benzene rings is 1. The van der Waals surface area contributed by atoms with Gasteiger partial charge in [0.1, 0.15) is 0 Å². The van der Waals surface area contributed by atoms with Crippen LogP contribution in [0.2, 0.25) is 0 Å². The van der Waals surface area contributed by atoms with Crippen molar-refractivity contribution in [1.82, 2.24) is 14.9 Å². The maximum Gasteiger partial charge on any atom is 0.217 e. The van der Waals surface area contributed by atoms with Gasteiger partial charge in [0.2, 0.25) is 9.93 Å². The highest BCUT2D eigenvalue weighted by molar-refractivity contribution is 7.98. The molecule has 2 heterocycles. The van der Waals surface area contributed by atoms with E-state index in [1.165, 1.54) is 11.1 Å². The molecular formula is C15H14N4S3. The van der Waals surface area contributed by atoms with E-state index in [-0.39, 0.29) is 0 Å². The van der Waals surface area contributed by atoms with Crippen molar-refractivity contribution in [1.29, 1.82) is 0 Å². The lowest BCUT2D eigenvalue weighted by Gasteiger charge is -2.01. The Kier molecular flexibility index (Phi) is 4.87. The molecule has 3 rings (SSSR count). The van der Waals surface area contributed by atoms with Crippen LogP contribution in [0.15, 0.2) is 52.0 Å². The molecule has 0 amide bonds. The Morgan fingerprint density at radius 3 is 2.91 bits per heavy atom. The molecule has 0 unspecified atom stereocenters. The van der Waals surface area contributed by atoms with Crippen LogP contribution in [0.25, 0.3) is 0 Å². The van der Waals surface area contributed by atoms with Crippen LogP contribution in [0.4, 0.5) is 0 Å². The van der Waals surface area contributed by atoms with Gasteiger partial charge >= 0.3 is 0 Å². The third-order valence-corrected chi connectivity index (χ3v) is 5.24. The topological polar surface area (TPSA) is 46.0 Å². The fraction of sp³-hybridized carbons (Fsp3) is 0.133. The first-order valence-corrected chi connectivity index (χ1v) is 8.94. The highest BCUT2D eigenvalue weighted by atomic mass is 32.2. The molecule has 112 valence electrons. The Hall–Kier alpha value is -1.70. The van der Waals surface area contributed by atoms with Gasteiger partial charge in [-0.3, -0.25) is 0 Å². The molecule has 0 atom stereocenters. The molecule has 0 aliphatic rings. The normalized spacial score (nSPS) is 11.3. The summed E-state index contributed by atoms with van der Waals surface area (Å²) in [5.74, 6) is 0.827. The Morgan fingerprint density at radius 1 is 1.36 bits per heavy atom. The monoisotopic (exact) mass is 346 g/mol. The number of hydrogen-bond donors (Lipinski definition) is 1. The van der Waals surface area contributed by atoms with Crippen LogP contribution >= 0.6 is 35.3 Å². The average Bonchev–Trinajstić information content (AvgIpc) is 3.10. The molecule has 0 saturated carbocycles. The Balaban J connectivity index is 1.78. The van der Waals surface area contributed by atoms with Gasteiger partial charge in [-0.25, -0.2) is 5.10 Å². The van der Waals surface area contributed by atoms with Crippen LogP contribution in [0.1, 0.15) is 16.0 Å². The van der Waals surface area contributed by atoms with Crippen molar-refractivity contribution in [2.75, 3.05) is 0 Å². The number of aromatic amines is 1. The first kappa shape index (κ1) is 15.2. The predicted octanol–water partition coefficient (Wildman–Crippen LogP) is 4.49. The highest BCUT2D eigenvalue weighted by Crippen LogP contribution is 2.21. The fourth-order valence-corrected chi connectivity index (χ4v) is 3.70. The van der Waals surface area contributed by atoms with Crippen molar-refractivity contribution in [3.63, 3.8) is 0 Å². The maximum atomic E-state index is 5.25. The second-order valence-electron chi connectivity index (χ2n) is 4.61. The van der Waals surface area contributed by atoms with Gasteiger partial charge in [0.05, 0.1) is 11.1 Å². The van der Waals surface area contributed by atoms with Crippen molar-refractivity contribution in [3.05, 3.63) is 62.6 Å². The molecule has 2 aromatic heterocycles. The SMILES string of the molecule is Cc1ccsc1/C=N\n1c(SCc2ccccc2)n[nH]c1=S. The van der Waals surface area contributed by atoms with E-state index in [1.54, 1.807) is 27.8 Å². The quantitative estimate of drug-likeness (QED) is 0.421. The van der Waals surface area contributed by atoms with Crippen LogP contribution in [0.3, 0.4) is 0 Å². The smallest absolute Gasteiger partial charge is 0.217 e. The number of hydrogen-bond acceptors (Lipinski definition) is 5. The van der Waals surface area contributed by atoms with E-state index in [0.717, 1.165) is 15.8 Å². The number of rotatable bonds is 5. The summed E-state index contributed by atoms with van der Waals surface area (Å²) < 4.78 is 2.17. The van der Waals surface area contributed by atoms with Crippen LogP contribution in [-0.4, -0.2) is 21.1 Å². The van der Waals surface area contributed by atoms with Crippen LogP contribution in [-0.2, 0) is 5.75 Å². The molecular weight excluding hydrogens is 332 g/mol. The Labute approximate surface area is 141 Å². The molecule has 0 bridgehead atoms. The van der Waals surface area contributed by atoms with Gasteiger partial charge in [0, 0.05) is 5.75 Å². The van der Waals surface area contributed by atoms with Crippen molar-refractivity contribution >= 4 is 41.5 Å². The van der Waals surface area contributed by atoms with Gasteiger partial charge in [-0.2, -0.15) is 9.78 Å². The van der Waals surface area contributed by atoms with E-state index in [2.05, 4.69) is 45.8 Å². The molecule has 22 heavy (non-hydrogen) atoms. The molecule has 0 saturated heterocycles. The van der Waals surface area contributed by atoms with Crippen LogP contribution in [0.5, 0.6) is 0 Å². The van der Waals surface area contributed by atoms with E-state index in [0.29, 0.717) is 4.77 Å². The van der Waals surface area contributed by atoms with Crippen molar-refractivity contribution in [3.8, 4) is 0 Å². The Morgan fingerprint density at radius 2 is 2.18 bits per heavy atom. The average molecular weight is 347 g/mol. The first-order chi connectivity index (χ1) is 10.7. The third kappa shape index (κ3) is 3.55. The summed E-state index contributed by atoms with van der Waals surface area (Å²) >= 11 is 8.52. The summed E-state index contributed by atoms with van der Waals surface area (Å²) in [5.41, 5.74) is 2.45. The molecule has 0 aliphatic heterocycles. The van der Waals surface area contributed by atoms with Crippen LogP contribution in [0, 0.1) is 11.7 Å². The van der Waals surface area contributed by atoms with Gasteiger partial charge < -0.3 is 0 Å². The zero-order valence-electron chi connectivity index (χ0n) is 11.9. The third-order valence-electron chi connectivity index (χ3n) is 3.02. The molecule has 0 aliphatic carbocycles. The second-order valence-corrected chi connectivity index (χ2v) is 6.89. The van der Waals surface area contributed by atoms with Gasteiger partial charge in [0.15, 0.2) is 0 Å². The van der Waals surface area contributed by atoms with Gasteiger partial charge in [-0.1, -0.05) is 42.1 Å². The lowest BCUT2D eigenvalue weighted by molar-refractivity contribution is 0.759. The number of aryl methyl sites for hydroxylation is 1. The molecule has 0 spiro atoms. The number of thioether (sulfide) groups is 1. The summed E-state index contributed by atoms with van der Waals surface area (Å²) in [6.45, 7) is 2.07. The molecule has 4 nitrogen and oxygen atoms in total. The van der Waals surface area contributed by atoms with Crippen molar-refractivity contribution < 1.29 is 0 Å². The van der Waals surface area contributed by atoms with E-state index < -0.39 is 0 Å². The van der Waals surface area contributed by atoms with Crippen LogP contribution < -0.4 is 0 Å². The number of nitrogens with one attached hydrogen (secondary N) is 1. The van der Waals surface area contributed by atoms with E-state index in [9.17, 15) is 0 Å². The molecule has 0 radical (unpaired) electrons. The summed E-state index contributed by atoms with van der Waals surface area (Å²) in [7, 11) is 0. The summed E-state index contributed by atoms with van der Waals surface area (Å²) in [4.78, 5) is 1.13. The predicted molar refractivity (Wildman–Crippen MR) is 95.5 cm³/mol. The summed E-state index contributed by atoms with van der Waals surface area (Å²) in [6, 6.07) is 12.3. The first-order valence-electron chi connectivity index (χ1n) is 6.66. The highest BCUT2D eigenvalue weighted by Gasteiger charge is 2.06. The van der Waals surface area contributed by atoms with Crippen molar-refractivity contribution in [2.24, 2.45) is 5.10 Å². The van der Waals surface area contributed by atoms with E-state index in [4.69, 9.17) is 12.2 Å². The molecule has 0 fully saturated rings. The molecule has 1 aromatic carbocycles. The van der Waals surface area contributed by atoms with E-state index in [1.807, 2.05) is 24.4 Å². The zero-order valence-corrected chi connectivity index (χ0v) is 14.3. The fourth-order valence-electron chi connectivity index (χ4n) is 1.82. The van der Waals surface area contributed by atoms with Gasteiger partial charge in [0.25, 0.3) is 0 Å². The largest absolute Gasteiger partial charge is 0.249 e. The molecule has 1 N–H and O–H groups in total. The van der Waals surface area contributed by atoms with Gasteiger partial charge in [-0.05, 0) is 41.7 Å². The zero-order chi connectivity index (χ0) is 15.4. The number of aromatic nitrogens is 3. The molecule has 7 heteroatoms. The number of nitrogens with zero attached hydrogens (tertiary/aromatic N) is 3. The minimum atomic E-state index is 0.501. The number of thiophene rings is 1. The number of H-pyrrole nitrogens is 1. The summed E-state index contributed by atoms with van der Waals surface area (Å²) in [6.07, 6.45) is 1.83.